The molecular weight excluding hydrogens is 328 g/mol. The Kier molecular flexibility index (Phi) is 5.39. The predicted octanol–water partition coefficient (Wildman–Crippen LogP) is 3.83. The van der Waals surface area contributed by atoms with Gasteiger partial charge in [0.2, 0.25) is 5.91 Å². The van der Waals surface area contributed by atoms with Crippen molar-refractivity contribution < 1.29 is 4.79 Å². The second-order valence-corrected chi connectivity index (χ2v) is 5.95. The van der Waals surface area contributed by atoms with E-state index in [1.54, 1.807) is 4.90 Å². The van der Waals surface area contributed by atoms with Crippen LogP contribution in [0.25, 0.3) is 0 Å². The van der Waals surface area contributed by atoms with Gasteiger partial charge in [-0.2, -0.15) is 0 Å². The van der Waals surface area contributed by atoms with Crippen LogP contribution in [-0.4, -0.2) is 24.4 Å². The highest BCUT2D eigenvalue weighted by molar-refractivity contribution is 9.10. The molecule has 0 aliphatic carbocycles. The third-order valence-corrected chi connectivity index (χ3v) is 3.91. The monoisotopic (exact) mass is 346 g/mol. The summed E-state index contributed by atoms with van der Waals surface area (Å²) in [6.07, 6.45) is 0. The molecule has 21 heavy (non-hydrogen) atoms. The normalized spacial score (nSPS) is 10.2. The quantitative estimate of drug-likeness (QED) is 0.892. The molecule has 0 atom stereocenters. The molecule has 0 saturated heterocycles. The number of rotatable bonds is 5. The number of hydrogen-bond donors (Lipinski definition) is 1. The Morgan fingerprint density at radius 2 is 1.81 bits per heavy atom. The van der Waals surface area contributed by atoms with Crippen LogP contribution in [0.3, 0.4) is 0 Å². The number of anilines is 1. The third kappa shape index (κ3) is 4.60. The first-order chi connectivity index (χ1) is 10.1. The first-order valence-electron chi connectivity index (χ1n) is 6.84. The summed E-state index contributed by atoms with van der Waals surface area (Å²) in [6.45, 7) is 2.99. The highest BCUT2D eigenvalue weighted by atomic mass is 79.9. The predicted molar refractivity (Wildman–Crippen MR) is 90.3 cm³/mol. The van der Waals surface area contributed by atoms with Gasteiger partial charge in [-0.1, -0.05) is 40.2 Å². The minimum absolute atomic E-state index is 0.0705. The van der Waals surface area contributed by atoms with Crippen LogP contribution in [-0.2, 0) is 11.3 Å². The first kappa shape index (κ1) is 15.6. The van der Waals surface area contributed by atoms with Gasteiger partial charge in [0.1, 0.15) is 0 Å². The van der Waals surface area contributed by atoms with Crippen molar-refractivity contribution in [1.82, 2.24) is 4.90 Å². The maximum absolute atomic E-state index is 12.2. The average Bonchev–Trinajstić information content (AvgIpc) is 2.48. The summed E-state index contributed by atoms with van der Waals surface area (Å²) in [5.74, 6) is 0.0705. The summed E-state index contributed by atoms with van der Waals surface area (Å²) in [5, 5.41) is 3.14. The molecule has 0 saturated carbocycles. The van der Waals surface area contributed by atoms with Crippen LogP contribution >= 0.6 is 15.9 Å². The molecule has 0 unspecified atom stereocenters. The van der Waals surface area contributed by atoms with Gasteiger partial charge in [-0.05, 0) is 42.3 Å². The van der Waals surface area contributed by atoms with Gasteiger partial charge in [-0.25, -0.2) is 0 Å². The first-order valence-corrected chi connectivity index (χ1v) is 7.63. The van der Waals surface area contributed by atoms with Crippen molar-refractivity contribution in [3.63, 3.8) is 0 Å². The van der Waals surface area contributed by atoms with Crippen LogP contribution < -0.4 is 5.32 Å². The van der Waals surface area contributed by atoms with Crippen molar-refractivity contribution in [2.45, 2.75) is 13.5 Å². The number of carbonyl (C=O) groups is 1. The summed E-state index contributed by atoms with van der Waals surface area (Å²) in [7, 11) is 1.83. The second kappa shape index (κ2) is 7.27. The number of aryl methyl sites for hydroxylation is 1. The van der Waals surface area contributed by atoms with Crippen molar-refractivity contribution in [2.24, 2.45) is 0 Å². The van der Waals surface area contributed by atoms with E-state index in [2.05, 4.69) is 40.3 Å². The highest BCUT2D eigenvalue weighted by Gasteiger charge is 2.10. The lowest BCUT2D eigenvalue weighted by Crippen LogP contribution is -2.31. The maximum Gasteiger partial charge on any atom is 0.241 e. The Bertz CT molecular complexity index is 610. The molecule has 0 bridgehead atoms. The Labute approximate surface area is 134 Å². The summed E-state index contributed by atoms with van der Waals surface area (Å²) >= 11 is 3.39. The van der Waals surface area contributed by atoms with E-state index < -0.39 is 0 Å². The molecule has 0 radical (unpaired) electrons. The Morgan fingerprint density at radius 1 is 1.14 bits per heavy atom. The molecule has 4 heteroatoms. The standard InChI is InChI=1S/C17H19BrN2O/c1-13-5-3-4-6-14(13)12-20(2)17(21)11-19-16-9-7-15(18)8-10-16/h3-10,19H,11-12H2,1-2H3. The molecule has 2 aromatic carbocycles. The van der Waals surface area contributed by atoms with Crippen LogP contribution in [0.4, 0.5) is 5.69 Å². The number of likely N-dealkylation sites (N-methyl/N-ethyl adjacent to an activating group) is 1. The van der Waals surface area contributed by atoms with Gasteiger partial charge in [-0.15, -0.1) is 0 Å². The van der Waals surface area contributed by atoms with Crippen molar-refractivity contribution in [1.29, 1.82) is 0 Å². The fourth-order valence-corrected chi connectivity index (χ4v) is 2.28. The van der Waals surface area contributed by atoms with E-state index in [-0.39, 0.29) is 5.91 Å². The van der Waals surface area contributed by atoms with E-state index in [9.17, 15) is 4.79 Å². The van der Waals surface area contributed by atoms with Crippen molar-refractivity contribution >= 4 is 27.5 Å². The van der Waals surface area contributed by atoms with Crippen molar-refractivity contribution in [2.75, 3.05) is 18.9 Å². The summed E-state index contributed by atoms with van der Waals surface area (Å²) in [5.41, 5.74) is 3.32. The largest absolute Gasteiger partial charge is 0.376 e. The highest BCUT2D eigenvalue weighted by Crippen LogP contribution is 2.14. The summed E-state index contributed by atoms with van der Waals surface area (Å²) in [6, 6.07) is 15.9. The second-order valence-electron chi connectivity index (χ2n) is 5.04. The zero-order valence-corrected chi connectivity index (χ0v) is 13.9. The Morgan fingerprint density at radius 3 is 2.48 bits per heavy atom. The Hall–Kier alpha value is -1.81. The SMILES string of the molecule is Cc1ccccc1CN(C)C(=O)CNc1ccc(Br)cc1. The lowest BCUT2D eigenvalue weighted by atomic mass is 10.1. The van der Waals surface area contributed by atoms with Crippen LogP contribution in [0.15, 0.2) is 53.0 Å². The number of nitrogens with zero attached hydrogens (tertiary/aromatic N) is 1. The molecule has 3 nitrogen and oxygen atoms in total. The molecule has 0 fully saturated rings. The zero-order chi connectivity index (χ0) is 15.2. The number of carbonyl (C=O) groups excluding carboxylic acids is 1. The summed E-state index contributed by atoms with van der Waals surface area (Å²) in [4.78, 5) is 13.9. The van der Waals surface area contributed by atoms with Crippen LogP contribution in [0.1, 0.15) is 11.1 Å². The number of benzene rings is 2. The van der Waals surface area contributed by atoms with Crippen LogP contribution in [0.5, 0.6) is 0 Å². The third-order valence-electron chi connectivity index (χ3n) is 3.38. The van der Waals surface area contributed by atoms with Gasteiger partial charge in [0.15, 0.2) is 0 Å². The molecule has 0 aliphatic rings. The topological polar surface area (TPSA) is 32.3 Å². The van der Waals surface area contributed by atoms with E-state index >= 15 is 0 Å². The molecule has 2 rings (SSSR count). The van der Waals surface area contributed by atoms with Crippen molar-refractivity contribution in [3.8, 4) is 0 Å². The van der Waals surface area contributed by atoms with Crippen LogP contribution in [0.2, 0.25) is 0 Å². The fourth-order valence-electron chi connectivity index (χ4n) is 2.01. The van der Waals surface area contributed by atoms with Gasteiger partial charge in [0.05, 0.1) is 6.54 Å². The lowest BCUT2D eigenvalue weighted by molar-refractivity contribution is -0.128. The fraction of sp³-hybridized carbons (Fsp3) is 0.235. The lowest BCUT2D eigenvalue weighted by Gasteiger charge is -2.19. The maximum atomic E-state index is 12.2. The number of amides is 1. The molecule has 1 N–H and O–H groups in total. The number of hydrogen-bond acceptors (Lipinski definition) is 2. The molecular formula is C17H19BrN2O. The van der Waals surface area contributed by atoms with Gasteiger partial charge in [0.25, 0.3) is 0 Å². The summed E-state index contributed by atoms with van der Waals surface area (Å²) < 4.78 is 1.02. The molecule has 1 amide bonds. The zero-order valence-electron chi connectivity index (χ0n) is 12.3. The smallest absolute Gasteiger partial charge is 0.241 e. The molecule has 0 aromatic heterocycles. The Balaban J connectivity index is 1.88. The average molecular weight is 347 g/mol. The molecule has 0 heterocycles. The molecule has 110 valence electrons. The van der Waals surface area contributed by atoms with E-state index in [1.165, 1.54) is 11.1 Å². The van der Waals surface area contributed by atoms with Gasteiger partial charge >= 0.3 is 0 Å². The van der Waals surface area contributed by atoms with Crippen molar-refractivity contribution in [3.05, 3.63) is 64.1 Å². The molecule has 2 aromatic rings. The van der Waals surface area contributed by atoms with Gasteiger partial charge in [-0.3, -0.25) is 4.79 Å². The minimum atomic E-state index is 0.0705. The minimum Gasteiger partial charge on any atom is -0.376 e. The van der Waals surface area contributed by atoms with Gasteiger partial charge < -0.3 is 10.2 Å². The number of halogens is 1. The van der Waals surface area contributed by atoms with E-state index in [0.29, 0.717) is 13.1 Å². The van der Waals surface area contributed by atoms with Crippen LogP contribution in [0, 0.1) is 6.92 Å². The molecule has 0 aliphatic heterocycles. The van der Waals surface area contributed by atoms with E-state index in [0.717, 1.165) is 10.2 Å². The van der Waals surface area contributed by atoms with E-state index in [1.807, 2.05) is 43.4 Å². The number of nitrogens with one attached hydrogen (secondary N) is 1. The van der Waals surface area contributed by atoms with Gasteiger partial charge in [0, 0.05) is 23.8 Å². The van der Waals surface area contributed by atoms with E-state index in [4.69, 9.17) is 0 Å². The molecule has 0 spiro atoms.